The highest BCUT2D eigenvalue weighted by Crippen LogP contribution is 2.22. The molecule has 3 rings (SSSR count). The third-order valence-electron chi connectivity index (χ3n) is 3.79. The molecule has 0 radical (unpaired) electrons. The molecule has 1 atom stereocenters. The van der Waals surface area contributed by atoms with E-state index in [-0.39, 0.29) is 23.5 Å². The lowest BCUT2D eigenvalue weighted by atomic mass is 10.2. The molecule has 26 heavy (non-hydrogen) atoms. The summed E-state index contributed by atoms with van der Waals surface area (Å²) in [6.45, 7) is 0. The number of thioether (sulfide) groups is 2. The van der Waals surface area contributed by atoms with E-state index in [0.29, 0.717) is 10.7 Å². The summed E-state index contributed by atoms with van der Waals surface area (Å²) in [6, 6.07) is 11.9. The highest BCUT2D eigenvalue weighted by molar-refractivity contribution is 8.00. The molecule has 3 aromatic rings. The Morgan fingerprint density at radius 1 is 1.23 bits per heavy atom. The number of fused-ring (bicyclic) bond motifs is 1. The van der Waals surface area contributed by atoms with Crippen molar-refractivity contribution in [3.63, 3.8) is 0 Å². The molecule has 0 aliphatic rings. The molecule has 136 valence electrons. The summed E-state index contributed by atoms with van der Waals surface area (Å²) in [4.78, 5) is 12.9. The van der Waals surface area contributed by atoms with E-state index in [1.807, 2.05) is 35.1 Å². The van der Waals surface area contributed by atoms with Gasteiger partial charge in [-0.25, -0.2) is 4.39 Å². The van der Waals surface area contributed by atoms with Crippen molar-refractivity contribution in [3.8, 4) is 0 Å². The van der Waals surface area contributed by atoms with Gasteiger partial charge < -0.3 is 5.32 Å². The Morgan fingerprint density at radius 2 is 2.04 bits per heavy atom. The molecule has 1 unspecified atom stereocenters. The minimum atomic E-state index is -0.312. The quantitative estimate of drug-likeness (QED) is 0.596. The van der Waals surface area contributed by atoms with Crippen LogP contribution < -0.4 is 5.32 Å². The fourth-order valence-electron chi connectivity index (χ4n) is 2.54. The second-order valence-corrected chi connectivity index (χ2v) is 7.61. The fourth-order valence-corrected chi connectivity index (χ4v) is 3.76. The Bertz CT molecular complexity index is 886. The standard InChI is InChI=1S/C18H19FN4OS2/c1-25-11-9-14(18-22-21-16-8-4-5-10-23(16)18)20-17(24)12-26-15-7-3-2-6-13(15)19/h2-8,10,14H,9,11-12H2,1H3,(H,20,24). The van der Waals surface area contributed by atoms with Gasteiger partial charge in [0.2, 0.25) is 5.91 Å². The first-order chi connectivity index (χ1) is 12.7. The number of hydrogen-bond acceptors (Lipinski definition) is 5. The first-order valence-electron chi connectivity index (χ1n) is 8.14. The van der Waals surface area contributed by atoms with Gasteiger partial charge >= 0.3 is 0 Å². The van der Waals surface area contributed by atoms with Crippen molar-refractivity contribution in [2.75, 3.05) is 17.8 Å². The Labute approximate surface area is 159 Å². The average Bonchev–Trinajstić information content (AvgIpc) is 3.08. The summed E-state index contributed by atoms with van der Waals surface area (Å²) in [5.41, 5.74) is 0.742. The normalized spacial score (nSPS) is 12.2. The summed E-state index contributed by atoms with van der Waals surface area (Å²) >= 11 is 2.90. The zero-order valence-corrected chi connectivity index (χ0v) is 15.9. The smallest absolute Gasteiger partial charge is 0.230 e. The molecule has 1 amide bonds. The molecule has 0 aliphatic heterocycles. The lowest BCUT2D eigenvalue weighted by Gasteiger charge is -2.17. The van der Waals surface area contributed by atoms with Crippen molar-refractivity contribution < 1.29 is 9.18 Å². The lowest BCUT2D eigenvalue weighted by molar-refractivity contribution is -0.119. The van der Waals surface area contributed by atoms with Crippen molar-refractivity contribution in [1.82, 2.24) is 19.9 Å². The average molecular weight is 391 g/mol. The number of amides is 1. The van der Waals surface area contributed by atoms with Crippen molar-refractivity contribution in [1.29, 1.82) is 0 Å². The third-order valence-corrected chi connectivity index (χ3v) is 5.49. The van der Waals surface area contributed by atoms with Crippen LogP contribution in [0.15, 0.2) is 53.6 Å². The largest absolute Gasteiger partial charge is 0.345 e. The molecule has 1 aromatic carbocycles. The third kappa shape index (κ3) is 4.56. The predicted molar refractivity (Wildman–Crippen MR) is 104 cm³/mol. The van der Waals surface area contributed by atoms with Crippen molar-refractivity contribution in [3.05, 3.63) is 60.3 Å². The minimum Gasteiger partial charge on any atom is -0.345 e. The molecule has 0 spiro atoms. The lowest BCUT2D eigenvalue weighted by Crippen LogP contribution is -2.31. The number of halogens is 1. The monoisotopic (exact) mass is 390 g/mol. The molecule has 0 bridgehead atoms. The van der Waals surface area contributed by atoms with Crippen LogP contribution in [0.2, 0.25) is 0 Å². The van der Waals surface area contributed by atoms with Gasteiger partial charge in [0, 0.05) is 11.1 Å². The molecular weight excluding hydrogens is 371 g/mol. The molecule has 0 saturated heterocycles. The topological polar surface area (TPSA) is 59.3 Å². The fraction of sp³-hybridized carbons (Fsp3) is 0.278. The molecule has 1 N–H and O–H groups in total. The number of nitrogens with zero attached hydrogens (tertiary/aromatic N) is 3. The SMILES string of the molecule is CSCCC(NC(=O)CSc1ccccc1F)c1nnc2ccccn12. The highest BCUT2D eigenvalue weighted by atomic mass is 32.2. The summed E-state index contributed by atoms with van der Waals surface area (Å²) in [5, 5.41) is 11.4. The van der Waals surface area contributed by atoms with Gasteiger partial charge in [-0.1, -0.05) is 18.2 Å². The van der Waals surface area contributed by atoms with E-state index in [9.17, 15) is 9.18 Å². The van der Waals surface area contributed by atoms with Gasteiger partial charge in [-0.05, 0) is 42.7 Å². The van der Waals surface area contributed by atoms with Crippen LogP contribution in [0.4, 0.5) is 4.39 Å². The second-order valence-electron chi connectivity index (χ2n) is 5.61. The molecule has 2 aromatic heterocycles. The molecule has 5 nitrogen and oxygen atoms in total. The molecule has 0 fully saturated rings. The van der Waals surface area contributed by atoms with Crippen LogP contribution in [0.25, 0.3) is 5.65 Å². The number of nitrogens with one attached hydrogen (secondary N) is 1. The van der Waals surface area contributed by atoms with Gasteiger partial charge in [0.25, 0.3) is 0 Å². The van der Waals surface area contributed by atoms with Crippen molar-refractivity contribution in [2.24, 2.45) is 0 Å². The van der Waals surface area contributed by atoms with E-state index in [4.69, 9.17) is 0 Å². The van der Waals surface area contributed by atoms with Gasteiger partial charge in [-0.15, -0.1) is 22.0 Å². The van der Waals surface area contributed by atoms with Crippen LogP contribution in [-0.4, -0.2) is 38.3 Å². The van der Waals surface area contributed by atoms with Crippen LogP contribution in [-0.2, 0) is 4.79 Å². The number of hydrogen-bond donors (Lipinski definition) is 1. The number of benzene rings is 1. The van der Waals surface area contributed by atoms with Gasteiger partial charge in [-0.3, -0.25) is 9.20 Å². The van der Waals surface area contributed by atoms with Crippen LogP contribution >= 0.6 is 23.5 Å². The first-order valence-corrected chi connectivity index (χ1v) is 10.5. The van der Waals surface area contributed by atoms with Crippen LogP contribution in [0.3, 0.4) is 0 Å². The number of carbonyl (C=O) groups excluding carboxylic acids is 1. The maximum atomic E-state index is 13.7. The minimum absolute atomic E-state index is 0.146. The Balaban J connectivity index is 1.70. The Morgan fingerprint density at radius 3 is 2.85 bits per heavy atom. The maximum absolute atomic E-state index is 13.7. The predicted octanol–water partition coefficient (Wildman–Crippen LogP) is 3.57. The van der Waals surface area contributed by atoms with Gasteiger partial charge in [0.1, 0.15) is 5.82 Å². The Kier molecular flexibility index (Phi) is 6.51. The maximum Gasteiger partial charge on any atom is 0.230 e. The summed E-state index contributed by atoms with van der Waals surface area (Å²) in [7, 11) is 0. The zero-order valence-electron chi connectivity index (χ0n) is 14.3. The van der Waals surface area contributed by atoms with E-state index in [1.54, 1.807) is 30.0 Å². The summed E-state index contributed by atoms with van der Waals surface area (Å²) in [5.74, 6) is 1.27. The van der Waals surface area contributed by atoms with E-state index < -0.39 is 0 Å². The summed E-state index contributed by atoms with van der Waals surface area (Å²) < 4.78 is 15.6. The first kappa shape index (κ1) is 18.7. The molecule has 0 aliphatic carbocycles. The number of aromatic nitrogens is 3. The van der Waals surface area contributed by atoms with Crippen molar-refractivity contribution in [2.45, 2.75) is 17.4 Å². The van der Waals surface area contributed by atoms with Crippen LogP contribution in [0.5, 0.6) is 0 Å². The van der Waals surface area contributed by atoms with E-state index in [0.717, 1.165) is 17.8 Å². The van der Waals surface area contributed by atoms with E-state index in [2.05, 4.69) is 15.5 Å². The van der Waals surface area contributed by atoms with Crippen LogP contribution in [0.1, 0.15) is 18.3 Å². The van der Waals surface area contributed by atoms with Gasteiger partial charge in [-0.2, -0.15) is 11.8 Å². The number of pyridine rings is 1. The zero-order chi connectivity index (χ0) is 18.4. The molecule has 2 heterocycles. The van der Waals surface area contributed by atoms with Gasteiger partial charge in [0.05, 0.1) is 11.8 Å². The molecular formula is C18H19FN4OS2. The van der Waals surface area contributed by atoms with Gasteiger partial charge in [0.15, 0.2) is 11.5 Å². The summed E-state index contributed by atoms with van der Waals surface area (Å²) in [6.07, 6.45) is 4.65. The molecule has 8 heteroatoms. The van der Waals surface area contributed by atoms with Crippen LogP contribution in [0, 0.1) is 5.82 Å². The molecule has 0 saturated carbocycles. The van der Waals surface area contributed by atoms with E-state index >= 15 is 0 Å². The highest BCUT2D eigenvalue weighted by Gasteiger charge is 2.20. The Hall–Kier alpha value is -2.06. The second kappa shape index (κ2) is 9.05. The number of rotatable bonds is 8. The van der Waals surface area contributed by atoms with Crippen molar-refractivity contribution >= 4 is 35.1 Å². The van der Waals surface area contributed by atoms with E-state index in [1.165, 1.54) is 17.8 Å². The number of carbonyl (C=O) groups is 1.